The summed E-state index contributed by atoms with van der Waals surface area (Å²) in [6, 6.07) is 0. The van der Waals surface area contributed by atoms with Crippen LogP contribution in [0.25, 0.3) is 0 Å². The van der Waals surface area contributed by atoms with Crippen LogP contribution in [0, 0.1) is 0 Å². The first-order valence-corrected chi connectivity index (χ1v) is 7.35. The quantitative estimate of drug-likeness (QED) is 0.594. The molecule has 0 atom stereocenters. The van der Waals surface area contributed by atoms with Crippen molar-refractivity contribution in [2.45, 2.75) is 35.0 Å². The molecule has 0 N–H and O–H groups in total. The molecule has 0 spiro atoms. The Kier molecular flexibility index (Phi) is 2.64. The summed E-state index contributed by atoms with van der Waals surface area (Å²) < 4.78 is 35.2. The molecule has 0 aromatic rings. The molecule has 0 radical (unpaired) electrons. The van der Waals surface area contributed by atoms with Crippen LogP contribution < -0.4 is 0 Å². The number of alkyl halides is 3. The van der Waals surface area contributed by atoms with E-state index in [2.05, 4.69) is 0 Å². The van der Waals surface area contributed by atoms with Crippen LogP contribution in [-0.4, -0.2) is 20.1 Å². The molecular weight excluding hydrogens is 208 g/mol. The Bertz CT molecular complexity index is 104. The van der Waals surface area contributed by atoms with E-state index in [4.69, 9.17) is 0 Å². The average Bonchev–Trinajstić information content (AvgIpc) is 2.12. The number of halogens is 3. The van der Waals surface area contributed by atoms with E-state index in [0.717, 1.165) is 23.5 Å². The molecule has 1 aliphatic heterocycles. The van der Waals surface area contributed by atoms with Gasteiger partial charge in [-0.3, -0.25) is 0 Å². The fourth-order valence-electron chi connectivity index (χ4n) is 1.19. The van der Waals surface area contributed by atoms with Gasteiger partial charge in [0, 0.05) is 0 Å². The maximum absolute atomic E-state index is 11.7. The molecule has 1 fully saturated rings. The Balaban J connectivity index is 2.24. The van der Waals surface area contributed by atoms with Gasteiger partial charge in [-0.25, -0.2) is 0 Å². The van der Waals surface area contributed by atoms with Crippen LogP contribution in [0.2, 0.25) is 16.0 Å². The van der Waals surface area contributed by atoms with Gasteiger partial charge in [-0.05, 0) is 0 Å². The van der Waals surface area contributed by atoms with Crippen LogP contribution >= 0.6 is 0 Å². The Hall–Kier alpha value is 0.309. The van der Waals surface area contributed by atoms with E-state index in [1.54, 1.807) is 0 Å². The molecule has 0 aliphatic carbocycles. The first-order valence-electron chi connectivity index (χ1n) is 3.37. The first-order chi connectivity index (χ1) is 4.58. The van der Waals surface area contributed by atoms with E-state index in [0.29, 0.717) is 0 Å². The van der Waals surface area contributed by atoms with Gasteiger partial charge in [0.25, 0.3) is 0 Å². The SMILES string of the molecule is FC(F)(F)C[SeH]1CCCC1. The fourth-order valence-corrected chi connectivity index (χ4v) is 6.21. The Morgan fingerprint density at radius 2 is 1.60 bits per heavy atom. The van der Waals surface area contributed by atoms with Crippen LogP contribution in [-0.2, 0) is 0 Å². The monoisotopic (exact) mass is 220 g/mol. The van der Waals surface area contributed by atoms with Gasteiger partial charge in [0.2, 0.25) is 0 Å². The standard InChI is InChI=1S/C6H11F3Se/c7-6(8,9)5-10-3-1-2-4-10/h10H,1-5H2. The third kappa shape index (κ3) is 2.93. The fraction of sp³-hybridized carbons (Fsp3) is 1.00. The molecule has 1 aliphatic rings. The number of hydrogen-bond donors (Lipinski definition) is 0. The minimum atomic E-state index is -3.87. The summed E-state index contributed by atoms with van der Waals surface area (Å²) >= 11 is -1.39. The molecule has 0 saturated carbocycles. The topological polar surface area (TPSA) is 0 Å². The summed E-state index contributed by atoms with van der Waals surface area (Å²) in [5.74, 6) is 0. The molecule has 10 heavy (non-hydrogen) atoms. The second-order valence-electron chi connectivity index (χ2n) is 2.60. The van der Waals surface area contributed by atoms with Crippen LogP contribution in [0.1, 0.15) is 12.8 Å². The second kappa shape index (κ2) is 3.14. The molecule has 0 aromatic carbocycles. The summed E-state index contributed by atoms with van der Waals surface area (Å²) in [7, 11) is 0. The normalized spacial score (nSPS) is 23.7. The molecule has 0 bridgehead atoms. The summed E-state index contributed by atoms with van der Waals surface area (Å²) in [6.45, 7) is 0. The predicted octanol–water partition coefficient (Wildman–Crippen LogP) is 2.57. The van der Waals surface area contributed by atoms with Crippen molar-refractivity contribution in [3.05, 3.63) is 0 Å². The van der Waals surface area contributed by atoms with Gasteiger partial charge in [0.15, 0.2) is 0 Å². The number of hydrogen-bond acceptors (Lipinski definition) is 0. The third-order valence-electron chi connectivity index (χ3n) is 1.60. The summed E-state index contributed by atoms with van der Waals surface area (Å²) in [5.41, 5.74) is 0. The van der Waals surface area contributed by atoms with Crippen molar-refractivity contribution in [2.75, 3.05) is 0 Å². The van der Waals surface area contributed by atoms with Gasteiger partial charge in [0.05, 0.1) is 0 Å². The Labute approximate surface area is 62.7 Å². The summed E-state index contributed by atoms with van der Waals surface area (Å²) in [6.07, 6.45) is -1.77. The van der Waals surface area contributed by atoms with Crippen molar-refractivity contribution in [3.63, 3.8) is 0 Å². The van der Waals surface area contributed by atoms with E-state index >= 15 is 0 Å². The Morgan fingerprint density at radius 3 is 2.00 bits per heavy atom. The van der Waals surface area contributed by atoms with Gasteiger partial charge < -0.3 is 0 Å². The van der Waals surface area contributed by atoms with Crippen molar-refractivity contribution in [3.8, 4) is 0 Å². The molecular formula is C6H11F3Se. The Morgan fingerprint density at radius 1 is 1.10 bits per heavy atom. The molecule has 1 rings (SSSR count). The molecule has 4 heteroatoms. The van der Waals surface area contributed by atoms with Gasteiger partial charge in [0.1, 0.15) is 0 Å². The van der Waals surface area contributed by atoms with Crippen LogP contribution in [0.5, 0.6) is 0 Å². The second-order valence-corrected chi connectivity index (χ2v) is 7.95. The minimum absolute atomic E-state index is 0.417. The molecule has 0 unspecified atom stereocenters. The average molecular weight is 219 g/mol. The van der Waals surface area contributed by atoms with E-state index in [1.165, 1.54) is 0 Å². The molecule has 0 amide bonds. The number of rotatable bonds is 1. The van der Waals surface area contributed by atoms with E-state index in [-0.39, 0.29) is 0 Å². The summed E-state index contributed by atoms with van der Waals surface area (Å²) in [5, 5.41) is 1.43. The van der Waals surface area contributed by atoms with Crippen molar-refractivity contribution < 1.29 is 13.2 Å². The zero-order valence-electron chi connectivity index (χ0n) is 5.62. The van der Waals surface area contributed by atoms with E-state index < -0.39 is 25.4 Å². The maximum atomic E-state index is 11.7. The third-order valence-corrected chi connectivity index (χ3v) is 7.27. The molecule has 0 aromatic heterocycles. The molecule has 1 saturated heterocycles. The zero-order valence-corrected chi connectivity index (χ0v) is 7.49. The molecule has 0 nitrogen and oxygen atoms in total. The van der Waals surface area contributed by atoms with Crippen molar-refractivity contribution in [1.82, 2.24) is 0 Å². The van der Waals surface area contributed by atoms with Gasteiger partial charge in [-0.1, -0.05) is 0 Å². The summed E-state index contributed by atoms with van der Waals surface area (Å²) in [4.78, 5) is 0. The van der Waals surface area contributed by atoms with Crippen molar-refractivity contribution in [2.24, 2.45) is 0 Å². The van der Waals surface area contributed by atoms with Crippen LogP contribution in [0.3, 0.4) is 0 Å². The predicted molar refractivity (Wildman–Crippen MR) is 36.9 cm³/mol. The van der Waals surface area contributed by atoms with E-state index in [1.807, 2.05) is 0 Å². The van der Waals surface area contributed by atoms with Gasteiger partial charge >= 0.3 is 62.0 Å². The van der Waals surface area contributed by atoms with Crippen LogP contribution in [0.4, 0.5) is 13.2 Å². The van der Waals surface area contributed by atoms with Crippen molar-refractivity contribution >= 4 is 13.9 Å². The first kappa shape index (κ1) is 8.41. The van der Waals surface area contributed by atoms with Gasteiger partial charge in [-0.15, -0.1) is 0 Å². The van der Waals surface area contributed by atoms with Crippen LogP contribution in [0.15, 0.2) is 0 Å². The molecule has 1 heterocycles. The zero-order chi connectivity index (χ0) is 7.61. The van der Waals surface area contributed by atoms with Crippen molar-refractivity contribution in [1.29, 1.82) is 0 Å². The van der Waals surface area contributed by atoms with E-state index in [9.17, 15) is 13.2 Å². The van der Waals surface area contributed by atoms with Gasteiger partial charge in [-0.2, -0.15) is 0 Å². The molecule has 62 valence electrons.